The van der Waals surface area contributed by atoms with Gasteiger partial charge in [-0.05, 0) is 80.0 Å². The Bertz CT molecular complexity index is 456. The molecule has 0 spiro atoms. The fourth-order valence-corrected chi connectivity index (χ4v) is 6.54. The van der Waals surface area contributed by atoms with E-state index in [0.29, 0.717) is 29.1 Å². The molecule has 4 aliphatic carbocycles. The van der Waals surface area contributed by atoms with Crippen molar-refractivity contribution in [2.45, 2.75) is 71.0 Å². The minimum Gasteiger partial charge on any atom is -0.393 e. The first-order chi connectivity index (χ1) is 10.0. The minimum absolute atomic E-state index is 0.170. The van der Waals surface area contributed by atoms with Gasteiger partial charge in [0.15, 0.2) is 0 Å². The van der Waals surface area contributed by atoms with Crippen LogP contribution in [0.2, 0.25) is 0 Å². The Morgan fingerprint density at radius 1 is 1.10 bits per heavy atom. The van der Waals surface area contributed by atoms with E-state index in [9.17, 15) is 10.2 Å². The first kappa shape index (κ1) is 14.3. The molecule has 4 rings (SSSR count). The molecule has 0 amide bonds. The molecule has 2 heteroatoms. The Morgan fingerprint density at radius 2 is 1.90 bits per heavy atom. The van der Waals surface area contributed by atoms with E-state index in [0.717, 1.165) is 25.2 Å². The highest BCUT2D eigenvalue weighted by Crippen LogP contribution is 2.63. The Labute approximate surface area is 128 Å². The lowest BCUT2D eigenvalue weighted by Crippen LogP contribution is -2.50. The normalized spacial score (nSPS) is 56.2. The zero-order valence-electron chi connectivity index (χ0n) is 13.5. The molecule has 0 saturated heterocycles. The van der Waals surface area contributed by atoms with Gasteiger partial charge < -0.3 is 10.2 Å². The maximum Gasteiger partial charge on any atom is 0.0757 e. The van der Waals surface area contributed by atoms with Crippen molar-refractivity contribution in [3.63, 3.8) is 0 Å². The fourth-order valence-electron chi connectivity index (χ4n) is 6.54. The smallest absolute Gasteiger partial charge is 0.0757 e. The van der Waals surface area contributed by atoms with Crippen LogP contribution in [-0.2, 0) is 0 Å². The summed E-state index contributed by atoms with van der Waals surface area (Å²) in [6.07, 6.45) is 9.91. The van der Waals surface area contributed by atoms with Gasteiger partial charge in [-0.2, -0.15) is 0 Å². The van der Waals surface area contributed by atoms with Gasteiger partial charge in [0.05, 0.1) is 12.2 Å². The fraction of sp³-hybridized carbons (Fsp3) is 0.895. The molecule has 21 heavy (non-hydrogen) atoms. The molecule has 3 saturated carbocycles. The van der Waals surface area contributed by atoms with E-state index in [1.807, 2.05) is 0 Å². The molecule has 118 valence electrons. The zero-order chi connectivity index (χ0) is 14.8. The molecular weight excluding hydrogens is 260 g/mol. The molecule has 8 atom stereocenters. The molecule has 3 fully saturated rings. The van der Waals surface area contributed by atoms with Crippen LogP contribution in [0.4, 0.5) is 0 Å². The summed E-state index contributed by atoms with van der Waals surface area (Å²) in [5.41, 5.74) is 1.83. The van der Waals surface area contributed by atoms with Crippen LogP contribution >= 0.6 is 0 Å². The van der Waals surface area contributed by atoms with Crippen LogP contribution in [0.15, 0.2) is 11.6 Å². The lowest BCUT2D eigenvalue weighted by molar-refractivity contribution is -0.0647. The van der Waals surface area contributed by atoms with E-state index in [-0.39, 0.29) is 12.2 Å². The lowest BCUT2D eigenvalue weighted by Gasteiger charge is -2.54. The van der Waals surface area contributed by atoms with Gasteiger partial charge in [0.2, 0.25) is 0 Å². The molecule has 0 aromatic rings. The van der Waals surface area contributed by atoms with E-state index in [1.165, 1.54) is 31.3 Å². The average Bonchev–Trinajstić information content (AvgIpc) is 2.74. The number of hydrogen-bond donors (Lipinski definition) is 2. The summed E-state index contributed by atoms with van der Waals surface area (Å²) in [5, 5.41) is 20.8. The van der Waals surface area contributed by atoms with E-state index in [1.54, 1.807) is 0 Å². The van der Waals surface area contributed by atoms with Gasteiger partial charge in [-0.3, -0.25) is 0 Å². The quantitative estimate of drug-likeness (QED) is 0.670. The van der Waals surface area contributed by atoms with Gasteiger partial charge in [-0.25, -0.2) is 0 Å². The summed E-state index contributed by atoms with van der Waals surface area (Å²) in [4.78, 5) is 0. The van der Waals surface area contributed by atoms with Crippen molar-refractivity contribution >= 4 is 0 Å². The van der Waals surface area contributed by atoms with Crippen LogP contribution in [0.25, 0.3) is 0 Å². The summed E-state index contributed by atoms with van der Waals surface area (Å²) in [6.45, 7) is 4.91. The molecule has 0 bridgehead atoms. The van der Waals surface area contributed by atoms with Crippen molar-refractivity contribution in [1.82, 2.24) is 0 Å². The van der Waals surface area contributed by atoms with E-state index < -0.39 is 0 Å². The summed E-state index contributed by atoms with van der Waals surface area (Å²) in [7, 11) is 0. The highest BCUT2D eigenvalue weighted by atomic mass is 16.3. The molecule has 2 N–H and O–H groups in total. The number of fused-ring (bicyclic) bond motifs is 5. The van der Waals surface area contributed by atoms with Crippen molar-refractivity contribution in [3.8, 4) is 0 Å². The first-order valence-corrected chi connectivity index (χ1v) is 9.07. The van der Waals surface area contributed by atoms with Crippen molar-refractivity contribution in [1.29, 1.82) is 0 Å². The van der Waals surface area contributed by atoms with Gasteiger partial charge >= 0.3 is 0 Å². The molecular formula is C19H30O2. The van der Waals surface area contributed by atoms with Crippen molar-refractivity contribution in [3.05, 3.63) is 11.6 Å². The molecule has 0 radical (unpaired) electrons. The third-order valence-corrected chi connectivity index (χ3v) is 7.91. The van der Waals surface area contributed by atoms with Crippen LogP contribution in [0, 0.1) is 35.0 Å². The maximum atomic E-state index is 10.8. The first-order valence-electron chi connectivity index (χ1n) is 9.07. The monoisotopic (exact) mass is 290 g/mol. The molecule has 4 aliphatic rings. The van der Waals surface area contributed by atoms with E-state index in [2.05, 4.69) is 19.9 Å². The van der Waals surface area contributed by atoms with Crippen LogP contribution in [0.1, 0.15) is 58.8 Å². The second kappa shape index (κ2) is 4.83. The van der Waals surface area contributed by atoms with Crippen LogP contribution < -0.4 is 0 Å². The van der Waals surface area contributed by atoms with Crippen LogP contribution in [-0.4, -0.2) is 22.4 Å². The number of hydrogen-bond acceptors (Lipinski definition) is 2. The number of rotatable bonds is 0. The Balaban J connectivity index is 1.67. The van der Waals surface area contributed by atoms with Crippen molar-refractivity contribution in [2.75, 3.05) is 0 Å². The third-order valence-electron chi connectivity index (χ3n) is 7.91. The Hall–Kier alpha value is -0.340. The largest absolute Gasteiger partial charge is 0.393 e. The second-order valence-electron chi connectivity index (χ2n) is 8.64. The van der Waals surface area contributed by atoms with Gasteiger partial charge in [-0.1, -0.05) is 25.5 Å². The SMILES string of the molecule is C[C@H]1CCC2C3C(CC[C@@]21C)[C@H]1CC[C@@H](O)CC1=C[C@@H]3O. The van der Waals surface area contributed by atoms with Gasteiger partial charge in [0, 0.05) is 0 Å². The molecule has 0 aromatic heterocycles. The van der Waals surface area contributed by atoms with E-state index in [4.69, 9.17) is 0 Å². The average molecular weight is 290 g/mol. The van der Waals surface area contributed by atoms with Gasteiger partial charge in [0.1, 0.15) is 0 Å². The van der Waals surface area contributed by atoms with Crippen LogP contribution in [0.5, 0.6) is 0 Å². The molecule has 2 nitrogen and oxygen atoms in total. The molecule has 3 unspecified atom stereocenters. The topological polar surface area (TPSA) is 40.5 Å². The summed E-state index contributed by atoms with van der Waals surface area (Å²) in [5.74, 6) is 3.34. The predicted octanol–water partition coefficient (Wildman–Crippen LogP) is 3.53. The molecule has 0 aromatic carbocycles. The van der Waals surface area contributed by atoms with Gasteiger partial charge in [0.25, 0.3) is 0 Å². The van der Waals surface area contributed by atoms with E-state index >= 15 is 0 Å². The lowest BCUT2D eigenvalue weighted by atomic mass is 9.51. The molecule has 0 heterocycles. The van der Waals surface area contributed by atoms with Crippen LogP contribution in [0.3, 0.4) is 0 Å². The highest BCUT2D eigenvalue weighted by Gasteiger charge is 2.56. The van der Waals surface area contributed by atoms with Crippen molar-refractivity contribution < 1.29 is 10.2 Å². The third kappa shape index (κ3) is 1.98. The second-order valence-corrected chi connectivity index (χ2v) is 8.64. The van der Waals surface area contributed by atoms with Crippen molar-refractivity contribution in [2.24, 2.45) is 35.0 Å². The summed E-state index contributed by atoms with van der Waals surface area (Å²) < 4.78 is 0. The summed E-state index contributed by atoms with van der Waals surface area (Å²) >= 11 is 0. The Kier molecular flexibility index (Phi) is 3.28. The Morgan fingerprint density at radius 3 is 2.71 bits per heavy atom. The number of aliphatic hydroxyl groups is 2. The van der Waals surface area contributed by atoms with Gasteiger partial charge in [-0.15, -0.1) is 0 Å². The highest BCUT2D eigenvalue weighted by molar-refractivity contribution is 5.22. The maximum absolute atomic E-state index is 10.8. The number of aliphatic hydroxyl groups excluding tert-OH is 2. The molecule has 0 aliphatic heterocycles. The standard InChI is InChI=1S/C19H30O2/c1-11-3-6-16-18-15(7-8-19(11,16)2)14-5-4-13(20)9-12(14)10-17(18)21/h10-11,13-18,20-21H,3-9H2,1-2H3/t11-,13+,14-,15?,16?,17-,18?,19+/m0/s1. The minimum atomic E-state index is -0.263. The zero-order valence-corrected chi connectivity index (χ0v) is 13.5. The predicted molar refractivity (Wildman–Crippen MR) is 83.6 cm³/mol. The summed E-state index contributed by atoms with van der Waals surface area (Å²) in [6, 6.07) is 0.